The number of carbonyl (C=O) groups is 2. The van der Waals surface area contributed by atoms with Crippen molar-refractivity contribution < 1.29 is 32.3 Å². The maximum atomic E-state index is 12.4. The van der Waals surface area contributed by atoms with E-state index >= 15 is 0 Å². The fraction of sp³-hybridized carbons (Fsp3) is 0.250. The van der Waals surface area contributed by atoms with Crippen LogP contribution in [-0.2, 0) is 21.0 Å². The highest BCUT2D eigenvalue weighted by Crippen LogP contribution is 2.33. The Morgan fingerprint density at radius 3 is 2.70 bits per heavy atom. The molecule has 176 valence electrons. The third-order valence-electron chi connectivity index (χ3n) is 4.21. The van der Waals surface area contributed by atoms with Crippen molar-refractivity contribution in [2.24, 2.45) is 0 Å². The van der Waals surface area contributed by atoms with E-state index in [-0.39, 0.29) is 24.2 Å². The number of hydrazine groups is 1. The average molecular weight is 503 g/mol. The zero-order valence-corrected chi connectivity index (χ0v) is 18.7. The van der Waals surface area contributed by atoms with Crippen LogP contribution < -0.4 is 15.2 Å². The summed E-state index contributed by atoms with van der Waals surface area (Å²) in [4.78, 5) is 33.0. The summed E-state index contributed by atoms with van der Waals surface area (Å²) in [6.07, 6.45) is -4.44. The standard InChI is InChI=1S/C20H18ClF3N4O4S/c1-13(30)27(25-11-14-4-2-3-5-16(14)21)8-9-31-28(12-29)19-26-17-7-6-15(10-18(17)33-19)32-20(22,23)24/h2-7,10,12,25H,8-9,11H2,1H3. The van der Waals surface area contributed by atoms with Crippen LogP contribution in [-0.4, -0.2) is 41.8 Å². The fourth-order valence-electron chi connectivity index (χ4n) is 2.72. The first-order valence-electron chi connectivity index (χ1n) is 9.45. The zero-order chi connectivity index (χ0) is 24.0. The number of amides is 2. The van der Waals surface area contributed by atoms with Gasteiger partial charge in [0.15, 0.2) is 0 Å². The number of benzene rings is 2. The summed E-state index contributed by atoms with van der Waals surface area (Å²) in [7, 11) is 0. The number of nitrogens with one attached hydrogen (secondary N) is 1. The van der Waals surface area contributed by atoms with Crippen LogP contribution in [0, 0.1) is 0 Å². The molecule has 0 unspecified atom stereocenters. The van der Waals surface area contributed by atoms with Crippen LogP contribution in [0.1, 0.15) is 12.5 Å². The second-order valence-electron chi connectivity index (χ2n) is 6.54. The quantitative estimate of drug-likeness (QED) is 0.329. The summed E-state index contributed by atoms with van der Waals surface area (Å²) in [6, 6.07) is 10.8. The molecule has 0 fully saturated rings. The van der Waals surface area contributed by atoms with Gasteiger partial charge in [0.25, 0.3) is 0 Å². The molecule has 1 N–H and O–H groups in total. The lowest BCUT2D eigenvalue weighted by molar-refractivity contribution is -0.274. The number of aromatic nitrogens is 1. The van der Waals surface area contributed by atoms with E-state index in [0.29, 0.717) is 28.2 Å². The molecule has 1 aromatic heterocycles. The van der Waals surface area contributed by atoms with Gasteiger partial charge in [-0.25, -0.2) is 10.4 Å². The minimum absolute atomic E-state index is 0.0633. The Hall–Kier alpha value is -2.93. The van der Waals surface area contributed by atoms with Crippen molar-refractivity contribution in [3.63, 3.8) is 0 Å². The summed E-state index contributed by atoms with van der Waals surface area (Å²) in [5, 5.41) is 2.83. The summed E-state index contributed by atoms with van der Waals surface area (Å²) < 4.78 is 41.5. The van der Waals surface area contributed by atoms with Gasteiger partial charge in [-0.1, -0.05) is 41.1 Å². The molecule has 0 atom stereocenters. The second kappa shape index (κ2) is 10.8. The first kappa shape index (κ1) is 24.7. The van der Waals surface area contributed by atoms with Crippen molar-refractivity contribution >= 4 is 50.6 Å². The smallest absolute Gasteiger partial charge is 0.406 e. The molecule has 3 aromatic rings. The van der Waals surface area contributed by atoms with Crippen LogP contribution in [0.25, 0.3) is 10.2 Å². The number of nitrogens with zero attached hydrogens (tertiary/aromatic N) is 3. The average Bonchev–Trinajstić information content (AvgIpc) is 3.16. The summed E-state index contributed by atoms with van der Waals surface area (Å²) in [5.41, 5.74) is 4.11. The lowest BCUT2D eigenvalue weighted by atomic mass is 10.2. The Morgan fingerprint density at radius 2 is 2.03 bits per heavy atom. The van der Waals surface area contributed by atoms with E-state index < -0.39 is 12.1 Å². The van der Waals surface area contributed by atoms with Crippen LogP contribution in [0.2, 0.25) is 5.02 Å². The van der Waals surface area contributed by atoms with Crippen molar-refractivity contribution in [2.45, 2.75) is 19.8 Å². The first-order chi connectivity index (χ1) is 15.7. The number of hydroxylamine groups is 1. The monoisotopic (exact) mass is 502 g/mol. The van der Waals surface area contributed by atoms with Gasteiger partial charge in [-0.3, -0.25) is 19.4 Å². The summed E-state index contributed by atoms with van der Waals surface area (Å²) in [6.45, 7) is 1.70. The Morgan fingerprint density at radius 1 is 1.27 bits per heavy atom. The Balaban J connectivity index is 1.60. The van der Waals surface area contributed by atoms with Crippen molar-refractivity contribution in [3.8, 4) is 5.75 Å². The van der Waals surface area contributed by atoms with Crippen molar-refractivity contribution in [1.29, 1.82) is 0 Å². The Labute approximate surface area is 195 Å². The molecular formula is C20H18ClF3N4O4S. The SMILES string of the molecule is CC(=O)N(CCON(C=O)c1nc2ccc(OC(F)(F)F)cc2s1)NCc1ccccc1Cl. The van der Waals surface area contributed by atoms with Crippen molar-refractivity contribution in [2.75, 3.05) is 18.2 Å². The molecule has 1 heterocycles. The number of halogens is 4. The molecule has 0 aliphatic heterocycles. The molecule has 2 aromatic carbocycles. The molecule has 33 heavy (non-hydrogen) atoms. The number of hydrogen-bond donors (Lipinski definition) is 1. The number of hydrogen-bond acceptors (Lipinski definition) is 7. The molecule has 0 spiro atoms. The number of thiazole rings is 1. The Bertz CT molecular complexity index is 1130. The van der Waals surface area contributed by atoms with Gasteiger partial charge in [0.05, 0.1) is 23.4 Å². The molecule has 13 heteroatoms. The third-order valence-corrected chi connectivity index (χ3v) is 5.58. The van der Waals surface area contributed by atoms with E-state index in [1.165, 1.54) is 24.1 Å². The molecule has 8 nitrogen and oxygen atoms in total. The highest BCUT2D eigenvalue weighted by Gasteiger charge is 2.31. The van der Waals surface area contributed by atoms with E-state index in [1.54, 1.807) is 12.1 Å². The molecule has 0 saturated carbocycles. The Kier molecular flexibility index (Phi) is 8.08. The normalized spacial score (nSPS) is 11.4. The van der Waals surface area contributed by atoms with Crippen LogP contribution in [0.15, 0.2) is 42.5 Å². The maximum absolute atomic E-state index is 12.4. The van der Waals surface area contributed by atoms with Crippen LogP contribution in [0.3, 0.4) is 0 Å². The minimum Gasteiger partial charge on any atom is -0.406 e. The van der Waals surface area contributed by atoms with Crippen LogP contribution >= 0.6 is 22.9 Å². The zero-order valence-electron chi connectivity index (χ0n) is 17.1. The van der Waals surface area contributed by atoms with Gasteiger partial charge in [0, 0.05) is 24.6 Å². The lowest BCUT2D eigenvalue weighted by Gasteiger charge is -2.23. The second-order valence-corrected chi connectivity index (χ2v) is 7.95. The number of carbonyl (C=O) groups excluding carboxylic acids is 2. The van der Waals surface area contributed by atoms with Gasteiger partial charge < -0.3 is 4.74 Å². The molecule has 3 rings (SSSR count). The third kappa shape index (κ3) is 7.02. The number of fused-ring (bicyclic) bond motifs is 1. The van der Waals surface area contributed by atoms with Gasteiger partial charge in [-0.15, -0.1) is 13.2 Å². The molecular weight excluding hydrogens is 485 g/mol. The molecule has 0 aliphatic carbocycles. The van der Waals surface area contributed by atoms with Gasteiger partial charge >= 0.3 is 6.36 Å². The predicted octanol–water partition coefficient (Wildman–Crippen LogP) is 4.30. The van der Waals surface area contributed by atoms with E-state index in [0.717, 1.165) is 28.0 Å². The summed E-state index contributed by atoms with van der Waals surface area (Å²) in [5.74, 6) is -0.675. The lowest BCUT2D eigenvalue weighted by Crippen LogP contribution is -2.44. The largest absolute Gasteiger partial charge is 0.573 e. The van der Waals surface area contributed by atoms with Crippen LogP contribution in [0.4, 0.5) is 18.3 Å². The van der Waals surface area contributed by atoms with Crippen LogP contribution in [0.5, 0.6) is 5.75 Å². The molecule has 0 radical (unpaired) electrons. The van der Waals surface area contributed by atoms with E-state index in [1.807, 2.05) is 12.1 Å². The number of anilines is 1. The van der Waals surface area contributed by atoms with E-state index in [4.69, 9.17) is 16.4 Å². The highest BCUT2D eigenvalue weighted by molar-refractivity contribution is 7.22. The van der Waals surface area contributed by atoms with Gasteiger partial charge in [-0.2, -0.15) is 5.06 Å². The van der Waals surface area contributed by atoms with Gasteiger partial charge in [-0.05, 0) is 23.8 Å². The maximum Gasteiger partial charge on any atom is 0.573 e. The minimum atomic E-state index is -4.82. The molecule has 0 saturated heterocycles. The fourth-order valence-corrected chi connectivity index (χ4v) is 3.84. The number of rotatable bonds is 10. The topological polar surface area (TPSA) is 84.0 Å². The molecule has 0 aliphatic rings. The van der Waals surface area contributed by atoms with Crippen molar-refractivity contribution in [3.05, 3.63) is 53.1 Å². The molecule has 0 bridgehead atoms. The number of ether oxygens (including phenoxy) is 1. The first-order valence-corrected chi connectivity index (χ1v) is 10.6. The number of alkyl halides is 3. The van der Waals surface area contributed by atoms with E-state index in [9.17, 15) is 22.8 Å². The highest BCUT2D eigenvalue weighted by atomic mass is 35.5. The predicted molar refractivity (Wildman–Crippen MR) is 116 cm³/mol. The van der Waals surface area contributed by atoms with E-state index in [2.05, 4.69) is 15.1 Å². The van der Waals surface area contributed by atoms with Crippen molar-refractivity contribution in [1.82, 2.24) is 15.4 Å². The summed E-state index contributed by atoms with van der Waals surface area (Å²) >= 11 is 7.06. The van der Waals surface area contributed by atoms with Gasteiger partial charge in [0.2, 0.25) is 17.4 Å². The molecule has 2 amide bonds. The van der Waals surface area contributed by atoms with Gasteiger partial charge in [0.1, 0.15) is 5.75 Å².